The summed E-state index contributed by atoms with van der Waals surface area (Å²) in [5.74, 6) is -1.34. The highest BCUT2D eigenvalue weighted by Crippen LogP contribution is 2.35. The minimum atomic E-state index is -0.425. The van der Waals surface area contributed by atoms with E-state index in [1.165, 1.54) is 20.0 Å². The minimum absolute atomic E-state index is 0.261. The van der Waals surface area contributed by atoms with Crippen molar-refractivity contribution in [1.82, 2.24) is 10.2 Å². The fraction of sp³-hybridized carbons (Fsp3) is 0.333. The van der Waals surface area contributed by atoms with Crippen LogP contribution < -0.4 is 10.6 Å². The van der Waals surface area contributed by atoms with Crippen LogP contribution in [0.15, 0.2) is 45.0 Å². The van der Waals surface area contributed by atoms with Crippen LogP contribution in [-0.2, 0) is 20.7 Å². The van der Waals surface area contributed by atoms with Crippen molar-refractivity contribution >= 4 is 56.7 Å². The maximum absolute atomic E-state index is 12.3. The molecule has 1 unspecified atom stereocenters. The topological polar surface area (TPSA) is 130 Å². The highest BCUT2D eigenvalue weighted by atomic mass is 79.9. The van der Waals surface area contributed by atoms with Gasteiger partial charge in [0.2, 0.25) is 5.91 Å². The lowest BCUT2D eigenvalue weighted by Crippen LogP contribution is -2.36. The van der Waals surface area contributed by atoms with E-state index in [1.54, 1.807) is 32.0 Å². The smallest absolute Gasteiger partial charge is 0.322 e. The minimum Gasteiger partial charge on any atom is -0.465 e. The molecule has 2 aromatic rings. The first kappa shape index (κ1) is 26.2. The number of ether oxygens (including phenoxy) is 1. The molecule has 2 N–H and O–H groups in total. The lowest BCUT2D eigenvalue weighted by molar-refractivity contribution is -0.145. The molecule has 3 rings (SSSR count). The molecule has 184 valence electrons. The maximum Gasteiger partial charge on any atom is 0.322 e. The molecule has 0 aromatic heterocycles. The molecule has 2 aromatic carbocycles. The normalized spacial score (nSPS) is 13.8. The van der Waals surface area contributed by atoms with Crippen molar-refractivity contribution in [2.45, 2.75) is 33.2 Å². The zero-order valence-corrected chi connectivity index (χ0v) is 21.4. The van der Waals surface area contributed by atoms with Gasteiger partial charge in [0.15, 0.2) is 0 Å². The van der Waals surface area contributed by atoms with Gasteiger partial charge in [0, 0.05) is 18.4 Å². The molecule has 1 aliphatic heterocycles. The van der Waals surface area contributed by atoms with Crippen LogP contribution in [0, 0.1) is 0 Å². The predicted octanol–water partition coefficient (Wildman–Crippen LogP) is 4.13. The van der Waals surface area contributed by atoms with Gasteiger partial charge in [-0.05, 0) is 72.6 Å². The molecule has 0 spiro atoms. The number of amides is 3. The molecular formula is C24H26BrN5O5. The monoisotopic (exact) mass is 543 g/mol. The quantitative estimate of drug-likeness (QED) is 0.278. The van der Waals surface area contributed by atoms with Crippen molar-refractivity contribution in [3.8, 4) is 0 Å². The van der Waals surface area contributed by atoms with E-state index >= 15 is 0 Å². The Labute approximate surface area is 211 Å². The number of carbonyl (C=O) groups is 4. The van der Waals surface area contributed by atoms with E-state index in [0.29, 0.717) is 46.7 Å². The number of imide groups is 1. The SMILES string of the molecule is CCOC(=O)C(C)NCCc1ccc(N=Nc2cc3c(cc2Br)C(=O)N(C)C3=O)c(NC(C)=O)c1. The second-order valence-electron chi connectivity index (χ2n) is 7.93. The Balaban J connectivity index is 1.78. The van der Waals surface area contributed by atoms with Gasteiger partial charge in [-0.1, -0.05) is 6.07 Å². The Morgan fingerprint density at radius 1 is 1.09 bits per heavy atom. The predicted molar refractivity (Wildman–Crippen MR) is 133 cm³/mol. The van der Waals surface area contributed by atoms with Crippen molar-refractivity contribution in [2.75, 3.05) is 25.5 Å². The van der Waals surface area contributed by atoms with Crippen molar-refractivity contribution < 1.29 is 23.9 Å². The summed E-state index contributed by atoms with van der Waals surface area (Å²) in [5.41, 5.74) is 2.75. The fourth-order valence-electron chi connectivity index (χ4n) is 3.45. The van der Waals surface area contributed by atoms with Crippen LogP contribution in [0.4, 0.5) is 17.1 Å². The summed E-state index contributed by atoms with van der Waals surface area (Å²) >= 11 is 3.38. The summed E-state index contributed by atoms with van der Waals surface area (Å²) in [6.07, 6.45) is 0.605. The first-order valence-electron chi connectivity index (χ1n) is 11.0. The molecule has 1 aliphatic rings. The standard InChI is InChI=1S/C24H26BrN5O5/c1-5-35-24(34)13(2)26-9-8-15-6-7-19(21(10-15)27-14(3)31)28-29-20-12-17-16(11-18(20)25)22(32)30(4)23(17)33/h6-7,10-13,26H,5,8-9H2,1-4H3,(H,27,31). The number of rotatable bonds is 9. The average Bonchev–Trinajstić information content (AvgIpc) is 3.01. The van der Waals surface area contributed by atoms with Crippen LogP contribution in [0.1, 0.15) is 47.1 Å². The lowest BCUT2D eigenvalue weighted by atomic mass is 10.1. The van der Waals surface area contributed by atoms with Gasteiger partial charge >= 0.3 is 5.97 Å². The third-order valence-corrected chi connectivity index (χ3v) is 5.93. The number of nitrogens with zero attached hydrogens (tertiary/aromatic N) is 3. The number of anilines is 1. The molecule has 11 heteroatoms. The van der Waals surface area contributed by atoms with Gasteiger partial charge in [-0.3, -0.25) is 24.1 Å². The number of azo groups is 1. The van der Waals surface area contributed by atoms with Gasteiger partial charge in [0.1, 0.15) is 17.4 Å². The van der Waals surface area contributed by atoms with E-state index < -0.39 is 11.9 Å². The molecule has 0 radical (unpaired) electrons. The highest BCUT2D eigenvalue weighted by molar-refractivity contribution is 9.10. The van der Waals surface area contributed by atoms with E-state index in [9.17, 15) is 19.2 Å². The van der Waals surface area contributed by atoms with E-state index in [2.05, 4.69) is 36.8 Å². The molecule has 0 saturated carbocycles. The van der Waals surface area contributed by atoms with Crippen LogP contribution in [0.25, 0.3) is 0 Å². The van der Waals surface area contributed by atoms with Gasteiger partial charge in [-0.2, -0.15) is 0 Å². The zero-order valence-electron chi connectivity index (χ0n) is 19.8. The number of hydrogen-bond acceptors (Lipinski definition) is 8. The third-order valence-electron chi connectivity index (χ3n) is 5.30. The van der Waals surface area contributed by atoms with Crippen LogP contribution in [-0.4, -0.2) is 54.8 Å². The fourth-order valence-corrected chi connectivity index (χ4v) is 3.88. The second-order valence-corrected chi connectivity index (χ2v) is 8.78. The molecule has 1 heterocycles. The van der Waals surface area contributed by atoms with Crippen LogP contribution in [0.3, 0.4) is 0 Å². The molecular weight excluding hydrogens is 518 g/mol. The highest BCUT2D eigenvalue weighted by Gasteiger charge is 2.33. The van der Waals surface area contributed by atoms with E-state index in [-0.39, 0.29) is 23.3 Å². The molecule has 0 fully saturated rings. The summed E-state index contributed by atoms with van der Waals surface area (Å²) in [4.78, 5) is 49.0. The van der Waals surface area contributed by atoms with Gasteiger partial charge < -0.3 is 15.4 Å². The first-order valence-corrected chi connectivity index (χ1v) is 11.8. The van der Waals surface area contributed by atoms with Crippen molar-refractivity contribution in [3.05, 3.63) is 51.5 Å². The number of fused-ring (bicyclic) bond motifs is 1. The van der Waals surface area contributed by atoms with E-state index in [0.717, 1.165) is 10.5 Å². The third kappa shape index (κ3) is 6.17. The molecule has 0 bridgehead atoms. The summed E-state index contributed by atoms with van der Waals surface area (Å²) in [7, 11) is 1.42. The molecule has 10 nitrogen and oxygen atoms in total. The maximum atomic E-state index is 12.3. The summed E-state index contributed by atoms with van der Waals surface area (Å²) in [6.45, 7) is 5.75. The molecule has 0 saturated heterocycles. The number of carbonyl (C=O) groups excluding carboxylic acids is 4. The number of hydrogen-bond donors (Lipinski definition) is 2. The summed E-state index contributed by atoms with van der Waals surface area (Å²) < 4.78 is 5.50. The van der Waals surface area contributed by atoms with Crippen LogP contribution >= 0.6 is 15.9 Å². The van der Waals surface area contributed by atoms with Gasteiger partial charge in [-0.25, -0.2) is 0 Å². The Morgan fingerprint density at radius 2 is 1.74 bits per heavy atom. The van der Waals surface area contributed by atoms with Crippen molar-refractivity contribution in [1.29, 1.82) is 0 Å². The zero-order chi connectivity index (χ0) is 25.7. The molecule has 3 amide bonds. The second kappa shape index (κ2) is 11.3. The van der Waals surface area contributed by atoms with Crippen LogP contribution in [0.2, 0.25) is 0 Å². The molecule has 0 aliphatic carbocycles. The summed E-state index contributed by atoms with van der Waals surface area (Å²) in [5, 5.41) is 14.4. The molecule has 1 atom stereocenters. The number of esters is 1. The Morgan fingerprint density at radius 3 is 2.40 bits per heavy atom. The Bertz CT molecular complexity index is 1210. The lowest BCUT2D eigenvalue weighted by Gasteiger charge is -2.13. The molecule has 35 heavy (non-hydrogen) atoms. The Hall–Kier alpha value is -3.44. The van der Waals surface area contributed by atoms with Crippen LogP contribution in [0.5, 0.6) is 0 Å². The van der Waals surface area contributed by atoms with E-state index in [1.807, 2.05) is 6.07 Å². The van der Waals surface area contributed by atoms with Crippen molar-refractivity contribution in [3.63, 3.8) is 0 Å². The van der Waals surface area contributed by atoms with Gasteiger partial charge in [0.05, 0.1) is 23.4 Å². The summed E-state index contributed by atoms with van der Waals surface area (Å²) in [6, 6.07) is 8.01. The first-order chi connectivity index (χ1) is 16.6. The van der Waals surface area contributed by atoms with Gasteiger partial charge in [0.25, 0.3) is 11.8 Å². The largest absolute Gasteiger partial charge is 0.465 e. The van der Waals surface area contributed by atoms with Gasteiger partial charge in [-0.15, -0.1) is 10.2 Å². The Kier molecular flexibility index (Phi) is 8.47. The number of halogens is 1. The van der Waals surface area contributed by atoms with Crippen molar-refractivity contribution in [2.24, 2.45) is 10.2 Å². The number of benzene rings is 2. The van der Waals surface area contributed by atoms with E-state index in [4.69, 9.17) is 4.74 Å². The average molecular weight is 544 g/mol. The number of nitrogens with one attached hydrogen (secondary N) is 2.